The highest BCUT2D eigenvalue weighted by Gasteiger charge is 2.21. The van der Waals surface area contributed by atoms with E-state index in [0.717, 1.165) is 11.8 Å². The fraction of sp³-hybridized carbons (Fsp3) is 0.176. The van der Waals surface area contributed by atoms with Gasteiger partial charge < -0.3 is 10.1 Å². The second kappa shape index (κ2) is 8.65. The molecule has 0 aliphatic heterocycles. The second-order valence-electron chi connectivity index (χ2n) is 5.74. The maximum absolute atomic E-state index is 13.5. The molecule has 1 amide bonds. The summed E-state index contributed by atoms with van der Waals surface area (Å²) in [4.78, 5) is 23.0. The van der Waals surface area contributed by atoms with Crippen LogP contribution in [0.15, 0.2) is 47.6 Å². The third kappa shape index (κ3) is 4.66. The molecule has 29 heavy (non-hydrogen) atoms. The Balaban J connectivity index is 1.77. The number of nitrogens with one attached hydrogen (secondary N) is 1. The molecule has 1 atom stereocenters. The molecule has 1 aromatic heterocycles. The number of hydrogen-bond acceptors (Lipinski definition) is 8. The molecule has 0 saturated carbocycles. The molecule has 0 fully saturated rings. The Hall–Kier alpha value is -3.54. The summed E-state index contributed by atoms with van der Waals surface area (Å²) in [7, 11) is 1.39. The Morgan fingerprint density at radius 3 is 2.83 bits per heavy atom. The molecule has 0 aliphatic rings. The molecule has 150 valence electrons. The van der Waals surface area contributed by atoms with Gasteiger partial charge in [0.25, 0.3) is 5.69 Å². The van der Waals surface area contributed by atoms with Crippen LogP contribution in [0.5, 0.6) is 5.75 Å². The molecule has 12 heteroatoms. The number of halogens is 1. The predicted molar refractivity (Wildman–Crippen MR) is 103 cm³/mol. The number of carbonyl (C=O) groups is 1. The number of non-ortho nitro benzene ring substituents is 1. The van der Waals surface area contributed by atoms with Crippen LogP contribution < -0.4 is 10.1 Å². The topological polar surface area (TPSA) is 125 Å². The van der Waals surface area contributed by atoms with Gasteiger partial charge in [0.05, 0.1) is 28.7 Å². The lowest BCUT2D eigenvalue weighted by atomic mass is 10.2. The first-order chi connectivity index (χ1) is 13.9. The number of tetrazole rings is 1. The van der Waals surface area contributed by atoms with E-state index in [-0.39, 0.29) is 22.3 Å². The van der Waals surface area contributed by atoms with Crippen LogP contribution in [0.25, 0.3) is 5.69 Å². The van der Waals surface area contributed by atoms with Crippen molar-refractivity contribution in [1.29, 1.82) is 0 Å². The number of amides is 1. The van der Waals surface area contributed by atoms with E-state index >= 15 is 0 Å². The highest BCUT2D eigenvalue weighted by Crippen LogP contribution is 2.30. The fourth-order valence-electron chi connectivity index (χ4n) is 2.38. The Bertz CT molecular complexity index is 1060. The van der Waals surface area contributed by atoms with Gasteiger partial charge in [0.1, 0.15) is 11.6 Å². The van der Waals surface area contributed by atoms with E-state index in [1.807, 2.05) is 0 Å². The first-order valence-electron chi connectivity index (χ1n) is 8.23. The highest BCUT2D eigenvalue weighted by molar-refractivity contribution is 8.00. The van der Waals surface area contributed by atoms with Gasteiger partial charge in [-0.05, 0) is 41.6 Å². The molecule has 10 nitrogen and oxygen atoms in total. The smallest absolute Gasteiger partial charge is 0.271 e. The average molecular weight is 418 g/mol. The third-order valence-electron chi connectivity index (χ3n) is 3.80. The van der Waals surface area contributed by atoms with Crippen LogP contribution in [0.2, 0.25) is 0 Å². The molecule has 0 saturated heterocycles. The van der Waals surface area contributed by atoms with Gasteiger partial charge in [-0.2, -0.15) is 4.68 Å². The van der Waals surface area contributed by atoms with E-state index in [9.17, 15) is 19.3 Å². The lowest BCUT2D eigenvalue weighted by Gasteiger charge is -2.14. The monoisotopic (exact) mass is 418 g/mol. The first-order valence-corrected chi connectivity index (χ1v) is 9.11. The van der Waals surface area contributed by atoms with E-state index in [1.54, 1.807) is 13.0 Å². The summed E-state index contributed by atoms with van der Waals surface area (Å²) in [6, 6.07) is 9.59. The maximum atomic E-state index is 13.5. The summed E-state index contributed by atoms with van der Waals surface area (Å²) in [6.07, 6.45) is 0. The lowest BCUT2D eigenvalue weighted by molar-refractivity contribution is -0.384. The predicted octanol–water partition coefficient (Wildman–Crippen LogP) is 2.84. The molecule has 1 N–H and O–H groups in total. The van der Waals surface area contributed by atoms with Crippen LogP contribution in [-0.2, 0) is 4.79 Å². The van der Waals surface area contributed by atoms with Gasteiger partial charge in [-0.15, -0.1) is 5.10 Å². The average Bonchev–Trinajstić information content (AvgIpc) is 3.15. The Morgan fingerprint density at radius 2 is 2.14 bits per heavy atom. The first kappa shape index (κ1) is 20.2. The molecule has 0 bridgehead atoms. The van der Waals surface area contributed by atoms with E-state index in [1.165, 1.54) is 48.2 Å². The molecule has 3 aromatic rings. The van der Waals surface area contributed by atoms with Crippen molar-refractivity contribution >= 4 is 29.0 Å². The van der Waals surface area contributed by atoms with Crippen molar-refractivity contribution in [3.05, 3.63) is 58.4 Å². The van der Waals surface area contributed by atoms with Gasteiger partial charge >= 0.3 is 0 Å². The number of ether oxygens (including phenoxy) is 1. The number of carbonyl (C=O) groups excluding carboxylic acids is 1. The van der Waals surface area contributed by atoms with E-state index < -0.39 is 21.9 Å². The zero-order chi connectivity index (χ0) is 21.0. The fourth-order valence-corrected chi connectivity index (χ4v) is 3.18. The number of nitrogens with zero attached hydrogens (tertiary/aromatic N) is 5. The molecule has 1 unspecified atom stereocenters. The molecule has 0 aliphatic carbocycles. The number of benzene rings is 2. The van der Waals surface area contributed by atoms with Crippen LogP contribution in [-0.4, -0.2) is 43.4 Å². The molecular weight excluding hydrogens is 403 g/mol. The Morgan fingerprint density at radius 1 is 1.34 bits per heavy atom. The molecule has 2 aromatic carbocycles. The van der Waals surface area contributed by atoms with Crippen molar-refractivity contribution in [3.8, 4) is 11.4 Å². The number of methoxy groups -OCH3 is 1. The zero-order valence-electron chi connectivity index (χ0n) is 15.3. The minimum Gasteiger partial charge on any atom is -0.495 e. The minimum atomic E-state index is -0.669. The molecule has 0 radical (unpaired) electrons. The van der Waals surface area contributed by atoms with Crippen molar-refractivity contribution in [2.45, 2.75) is 17.3 Å². The number of nitro benzene ring substituents is 1. The van der Waals surface area contributed by atoms with Crippen molar-refractivity contribution in [2.75, 3.05) is 12.4 Å². The summed E-state index contributed by atoms with van der Waals surface area (Å²) < 4.78 is 19.9. The van der Waals surface area contributed by atoms with Crippen molar-refractivity contribution in [2.24, 2.45) is 0 Å². The van der Waals surface area contributed by atoms with Gasteiger partial charge in [0, 0.05) is 12.1 Å². The number of thioether (sulfide) groups is 1. The van der Waals surface area contributed by atoms with Crippen LogP contribution in [0.4, 0.5) is 15.8 Å². The zero-order valence-corrected chi connectivity index (χ0v) is 16.1. The lowest BCUT2D eigenvalue weighted by Crippen LogP contribution is -2.23. The normalized spacial score (nSPS) is 11.7. The molecular formula is C17H15FN6O4S. The standard InChI is InChI=1S/C17H15FN6O4S/c1-10(16(25)19-14-9-13(24(26)27)6-7-15(14)28-2)29-17-20-21-22-23(17)12-5-3-4-11(18)8-12/h3-10H,1-2H3,(H,19,25). The number of aromatic nitrogens is 4. The van der Waals surface area contributed by atoms with Crippen molar-refractivity contribution in [3.63, 3.8) is 0 Å². The van der Waals surface area contributed by atoms with E-state index in [0.29, 0.717) is 5.69 Å². The number of anilines is 1. The second-order valence-corrected chi connectivity index (χ2v) is 7.05. The number of hydrogen-bond donors (Lipinski definition) is 1. The van der Waals surface area contributed by atoms with Crippen LogP contribution >= 0.6 is 11.8 Å². The van der Waals surface area contributed by atoms with Crippen LogP contribution in [0, 0.1) is 15.9 Å². The highest BCUT2D eigenvalue weighted by atomic mass is 32.2. The maximum Gasteiger partial charge on any atom is 0.271 e. The molecule has 1 heterocycles. The summed E-state index contributed by atoms with van der Waals surface area (Å²) in [6.45, 7) is 1.62. The Labute approximate surface area is 168 Å². The molecule has 3 rings (SSSR count). The summed E-state index contributed by atoms with van der Waals surface area (Å²) in [5.41, 5.74) is 0.394. The van der Waals surface area contributed by atoms with E-state index in [4.69, 9.17) is 4.74 Å². The SMILES string of the molecule is COc1ccc([N+](=O)[O-])cc1NC(=O)C(C)Sc1nnnn1-c1cccc(F)c1. The molecule has 0 spiro atoms. The number of rotatable bonds is 7. The van der Waals surface area contributed by atoms with E-state index in [2.05, 4.69) is 20.8 Å². The number of nitro groups is 1. The minimum absolute atomic E-state index is 0.170. The van der Waals surface area contributed by atoms with Gasteiger partial charge in [-0.3, -0.25) is 14.9 Å². The van der Waals surface area contributed by atoms with Crippen molar-refractivity contribution in [1.82, 2.24) is 20.2 Å². The quantitative estimate of drug-likeness (QED) is 0.353. The van der Waals surface area contributed by atoms with Gasteiger partial charge in [0.2, 0.25) is 11.1 Å². The van der Waals surface area contributed by atoms with Gasteiger partial charge in [0.15, 0.2) is 0 Å². The summed E-state index contributed by atoms with van der Waals surface area (Å²) >= 11 is 1.05. The Kier molecular flexibility index (Phi) is 6.02. The largest absolute Gasteiger partial charge is 0.495 e. The summed E-state index contributed by atoms with van der Waals surface area (Å²) in [5, 5.41) is 24.5. The van der Waals surface area contributed by atoms with Crippen LogP contribution in [0.3, 0.4) is 0 Å². The van der Waals surface area contributed by atoms with Gasteiger partial charge in [-0.1, -0.05) is 17.8 Å². The van der Waals surface area contributed by atoms with Crippen molar-refractivity contribution < 1.29 is 18.8 Å². The summed E-state index contributed by atoms with van der Waals surface area (Å²) in [5.74, 6) is -0.606. The third-order valence-corrected chi connectivity index (χ3v) is 4.83. The van der Waals surface area contributed by atoms with Crippen LogP contribution in [0.1, 0.15) is 6.92 Å². The van der Waals surface area contributed by atoms with Gasteiger partial charge in [-0.25, -0.2) is 4.39 Å².